The summed E-state index contributed by atoms with van der Waals surface area (Å²) in [7, 11) is 0. The number of thioether (sulfide) groups is 1. The van der Waals surface area contributed by atoms with E-state index in [1.807, 2.05) is 6.92 Å². The Morgan fingerprint density at radius 2 is 2.00 bits per heavy atom. The summed E-state index contributed by atoms with van der Waals surface area (Å²) in [4.78, 5) is 23.9. The quantitative estimate of drug-likeness (QED) is 0.732. The number of hydrogen-bond donors (Lipinski definition) is 1. The zero-order valence-corrected chi connectivity index (χ0v) is 15.0. The van der Waals surface area contributed by atoms with Crippen LogP contribution in [0.25, 0.3) is 0 Å². The van der Waals surface area contributed by atoms with Gasteiger partial charge in [-0.15, -0.1) is 23.1 Å². The predicted molar refractivity (Wildman–Crippen MR) is 96.2 cm³/mol. The first-order chi connectivity index (χ1) is 11.5. The standard InChI is InChI=1S/C17H18FNO3S2/c1-3-22-17(21)14-8-9-23-16(14)19-15(20)10-24-11(2)12-4-6-13(18)7-5-12/h4-9,11H,3,10H2,1-2H3,(H,19,20). The van der Waals surface area contributed by atoms with Gasteiger partial charge in [-0.2, -0.15) is 0 Å². The number of esters is 1. The van der Waals surface area contributed by atoms with E-state index >= 15 is 0 Å². The van der Waals surface area contributed by atoms with Crippen molar-refractivity contribution in [3.8, 4) is 0 Å². The molecule has 2 rings (SSSR count). The van der Waals surface area contributed by atoms with Crippen molar-refractivity contribution in [2.24, 2.45) is 0 Å². The van der Waals surface area contributed by atoms with Gasteiger partial charge in [0.15, 0.2) is 0 Å². The molecule has 1 N–H and O–H groups in total. The molecule has 4 nitrogen and oxygen atoms in total. The Labute approximate surface area is 148 Å². The van der Waals surface area contributed by atoms with Gasteiger partial charge in [-0.05, 0) is 43.0 Å². The van der Waals surface area contributed by atoms with Crippen LogP contribution in [-0.2, 0) is 9.53 Å². The van der Waals surface area contributed by atoms with E-state index in [1.165, 1.54) is 35.2 Å². The average Bonchev–Trinajstić information content (AvgIpc) is 3.01. The lowest BCUT2D eigenvalue weighted by atomic mass is 10.2. The molecular formula is C17H18FNO3S2. The minimum Gasteiger partial charge on any atom is -0.462 e. The Balaban J connectivity index is 1.89. The minimum atomic E-state index is -0.443. The molecule has 0 bridgehead atoms. The molecule has 0 aliphatic heterocycles. The highest BCUT2D eigenvalue weighted by molar-refractivity contribution is 8.00. The van der Waals surface area contributed by atoms with E-state index in [2.05, 4.69) is 5.32 Å². The molecule has 1 aromatic carbocycles. The molecule has 7 heteroatoms. The second-order valence-electron chi connectivity index (χ2n) is 4.94. The van der Waals surface area contributed by atoms with Crippen LogP contribution in [0.4, 0.5) is 9.39 Å². The van der Waals surface area contributed by atoms with Crippen LogP contribution >= 0.6 is 23.1 Å². The molecule has 2 aromatic rings. The SMILES string of the molecule is CCOC(=O)c1ccsc1NC(=O)CSC(C)c1ccc(F)cc1. The van der Waals surface area contributed by atoms with Crippen LogP contribution < -0.4 is 5.32 Å². The topological polar surface area (TPSA) is 55.4 Å². The zero-order chi connectivity index (χ0) is 17.5. The number of nitrogens with one attached hydrogen (secondary N) is 1. The van der Waals surface area contributed by atoms with E-state index in [1.54, 1.807) is 30.5 Å². The highest BCUT2D eigenvalue weighted by Gasteiger charge is 2.16. The zero-order valence-electron chi connectivity index (χ0n) is 13.4. The fourth-order valence-corrected chi connectivity index (χ4v) is 3.58. The van der Waals surface area contributed by atoms with Crippen molar-refractivity contribution in [1.82, 2.24) is 0 Å². The molecule has 1 amide bonds. The van der Waals surface area contributed by atoms with Crippen LogP contribution in [0, 0.1) is 5.82 Å². The summed E-state index contributed by atoms with van der Waals surface area (Å²) < 4.78 is 17.9. The number of thiophene rings is 1. The van der Waals surface area contributed by atoms with Crippen molar-refractivity contribution in [1.29, 1.82) is 0 Å². The second-order valence-corrected chi connectivity index (χ2v) is 7.18. The molecule has 128 valence electrons. The Bertz CT molecular complexity index is 700. The number of hydrogen-bond acceptors (Lipinski definition) is 5. The molecule has 1 atom stereocenters. The molecule has 0 aliphatic carbocycles. The summed E-state index contributed by atoms with van der Waals surface area (Å²) in [5, 5.41) is 5.03. The van der Waals surface area contributed by atoms with Crippen LogP contribution in [0.1, 0.15) is 35.0 Å². The monoisotopic (exact) mass is 367 g/mol. The van der Waals surface area contributed by atoms with Gasteiger partial charge in [0.25, 0.3) is 0 Å². The number of benzene rings is 1. The third kappa shape index (κ3) is 5.07. The molecule has 0 aliphatic rings. The van der Waals surface area contributed by atoms with Gasteiger partial charge in [-0.25, -0.2) is 9.18 Å². The third-order valence-electron chi connectivity index (χ3n) is 3.22. The number of ether oxygens (including phenoxy) is 1. The summed E-state index contributed by atoms with van der Waals surface area (Å²) in [6, 6.07) is 7.87. The summed E-state index contributed by atoms with van der Waals surface area (Å²) in [5.74, 6) is -0.681. The Hall–Kier alpha value is -1.86. The molecule has 24 heavy (non-hydrogen) atoms. The molecule has 0 fully saturated rings. The Morgan fingerprint density at radius 1 is 1.29 bits per heavy atom. The van der Waals surface area contributed by atoms with E-state index in [4.69, 9.17) is 4.74 Å². The number of carbonyl (C=O) groups excluding carboxylic acids is 2. The lowest BCUT2D eigenvalue weighted by Crippen LogP contribution is -2.16. The van der Waals surface area contributed by atoms with Gasteiger partial charge in [0.05, 0.1) is 17.9 Å². The van der Waals surface area contributed by atoms with Crippen LogP contribution in [0.15, 0.2) is 35.7 Å². The van der Waals surface area contributed by atoms with E-state index in [0.717, 1.165) is 5.56 Å². The van der Waals surface area contributed by atoms with Gasteiger partial charge in [-0.1, -0.05) is 12.1 Å². The highest BCUT2D eigenvalue weighted by atomic mass is 32.2. The van der Waals surface area contributed by atoms with Gasteiger partial charge in [0.2, 0.25) is 5.91 Å². The van der Waals surface area contributed by atoms with Crippen molar-refractivity contribution in [3.63, 3.8) is 0 Å². The van der Waals surface area contributed by atoms with Crippen LogP contribution in [-0.4, -0.2) is 24.2 Å². The van der Waals surface area contributed by atoms with Crippen LogP contribution in [0.5, 0.6) is 0 Å². The first kappa shape index (κ1) is 18.5. The van der Waals surface area contributed by atoms with Crippen LogP contribution in [0.3, 0.4) is 0 Å². The molecule has 0 saturated carbocycles. The molecule has 0 radical (unpaired) electrons. The van der Waals surface area contributed by atoms with Gasteiger partial charge in [0, 0.05) is 5.25 Å². The third-order valence-corrected chi connectivity index (χ3v) is 5.25. The Morgan fingerprint density at radius 3 is 2.67 bits per heavy atom. The minimum absolute atomic E-state index is 0.0595. The normalized spacial score (nSPS) is 11.8. The van der Waals surface area contributed by atoms with Crippen LogP contribution in [0.2, 0.25) is 0 Å². The molecule has 0 spiro atoms. The predicted octanol–water partition coefficient (Wildman–Crippen LogP) is 4.50. The fourth-order valence-electron chi connectivity index (χ4n) is 1.97. The maximum Gasteiger partial charge on any atom is 0.341 e. The molecular weight excluding hydrogens is 349 g/mol. The van der Waals surface area contributed by atoms with E-state index in [-0.39, 0.29) is 29.3 Å². The van der Waals surface area contributed by atoms with Crippen molar-refractivity contribution in [2.75, 3.05) is 17.7 Å². The Kier molecular flexibility index (Phi) is 6.81. The summed E-state index contributed by atoms with van der Waals surface area (Å²) >= 11 is 2.72. The van der Waals surface area contributed by atoms with E-state index in [9.17, 15) is 14.0 Å². The first-order valence-electron chi connectivity index (χ1n) is 7.42. The van der Waals surface area contributed by atoms with Crippen molar-refractivity contribution in [3.05, 3.63) is 52.7 Å². The molecule has 1 aromatic heterocycles. The number of amides is 1. The summed E-state index contributed by atoms with van der Waals surface area (Å²) in [6.45, 7) is 3.98. The van der Waals surface area contributed by atoms with E-state index < -0.39 is 5.97 Å². The highest BCUT2D eigenvalue weighted by Crippen LogP contribution is 2.29. The number of rotatable bonds is 7. The lowest BCUT2D eigenvalue weighted by Gasteiger charge is -2.11. The summed E-state index contributed by atoms with van der Waals surface area (Å²) in [5.41, 5.74) is 1.32. The number of halogens is 1. The van der Waals surface area contributed by atoms with Gasteiger partial charge in [0.1, 0.15) is 10.8 Å². The van der Waals surface area contributed by atoms with Gasteiger partial charge >= 0.3 is 5.97 Å². The molecule has 1 heterocycles. The fraction of sp³-hybridized carbons (Fsp3) is 0.294. The molecule has 1 unspecified atom stereocenters. The van der Waals surface area contributed by atoms with Crippen molar-refractivity contribution < 1.29 is 18.7 Å². The first-order valence-corrected chi connectivity index (χ1v) is 9.35. The largest absolute Gasteiger partial charge is 0.462 e. The smallest absolute Gasteiger partial charge is 0.341 e. The maximum absolute atomic E-state index is 12.9. The second kappa shape index (κ2) is 8.84. The van der Waals surface area contributed by atoms with Crippen molar-refractivity contribution in [2.45, 2.75) is 19.1 Å². The van der Waals surface area contributed by atoms with Gasteiger partial charge in [-0.3, -0.25) is 4.79 Å². The lowest BCUT2D eigenvalue weighted by molar-refractivity contribution is -0.113. The number of anilines is 1. The molecule has 0 saturated heterocycles. The summed E-state index contributed by atoms with van der Waals surface area (Å²) in [6.07, 6.45) is 0. The maximum atomic E-state index is 12.9. The average molecular weight is 367 g/mol. The van der Waals surface area contributed by atoms with Crippen molar-refractivity contribution >= 4 is 40.0 Å². The van der Waals surface area contributed by atoms with E-state index in [0.29, 0.717) is 10.6 Å². The number of carbonyl (C=O) groups is 2. The van der Waals surface area contributed by atoms with Gasteiger partial charge < -0.3 is 10.1 Å².